The summed E-state index contributed by atoms with van der Waals surface area (Å²) < 4.78 is 0. The van der Waals surface area contributed by atoms with Gasteiger partial charge >= 0.3 is 0 Å². The first-order valence-electron chi connectivity index (χ1n) is 8.51. The Hall–Kier alpha value is -2.17. The lowest BCUT2D eigenvalue weighted by Gasteiger charge is -2.17. The first-order valence-corrected chi connectivity index (χ1v) is 8.51. The fraction of sp³-hybridized carbons (Fsp3) is 0.500. The Kier molecular flexibility index (Phi) is 4.74. The molecule has 5 nitrogen and oxygen atoms in total. The van der Waals surface area contributed by atoms with Gasteiger partial charge in [-0.1, -0.05) is 44.7 Å². The molecule has 23 heavy (non-hydrogen) atoms. The molecule has 1 aromatic carbocycles. The number of carbonyl (C=O) groups excluding carboxylic acids is 1. The third kappa shape index (κ3) is 3.28. The SMILES string of the molecule is CCCCCCCN1CC(=O)C(c2nc3ccccc3[nH]2)C1=N. The molecule has 0 saturated carbocycles. The molecule has 1 saturated heterocycles. The van der Waals surface area contributed by atoms with Crippen LogP contribution in [0.4, 0.5) is 0 Å². The molecule has 5 heteroatoms. The number of Topliss-reactive ketones (excluding diaryl/α,β-unsaturated/α-hetero) is 1. The summed E-state index contributed by atoms with van der Waals surface area (Å²) in [7, 11) is 0. The third-order valence-corrected chi connectivity index (χ3v) is 4.50. The van der Waals surface area contributed by atoms with Crippen molar-refractivity contribution in [2.75, 3.05) is 13.1 Å². The molecule has 1 aliphatic rings. The molecular weight excluding hydrogens is 288 g/mol. The lowest BCUT2D eigenvalue weighted by Crippen LogP contribution is -2.27. The van der Waals surface area contributed by atoms with Crippen molar-refractivity contribution >= 4 is 22.7 Å². The summed E-state index contributed by atoms with van der Waals surface area (Å²) in [6.45, 7) is 3.34. The second-order valence-corrected chi connectivity index (χ2v) is 6.26. The van der Waals surface area contributed by atoms with E-state index in [9.17, 15) is 4.79 Å². The van der Waals surface area contributed by atoms with Crippen molar-refractivity contribution in [3.05, 3.63) is 30.1 Å². The summed E-state index contributed by atoms with van der Waals surface area (Å²) in [5.74, 6) is 0.542. The Morgan fingerprint density at radius 3 is 2.83 bits per heavy atom. The van der Waals surface area contributed by atoms with Crippen molar-refractivity contribution in [2.24, 2.45) is 0 Å². The average molecular weight is 312 g/mol. The van der Waals surface area contributed by atoms with E-state index in [0.29, 0.717) is 18.2 Å². The van der Waals surface area contributed by atoms with Crippen molar-refractivity contribution in [3.63, 3.8) is 0 Å². The summed E-state index contributed by atoms with van der Waals surface area (Å²) in [5.41, 5.74) is 1.77. The maximum atomic E-state index is 12.4. The molecule has 122 valence electrons. The van der Waals surface area contributed by atoms with E-state index in [1.807, 2.05) is 29.2 Å². The van der Waals surface area contributed by atoms with E-state index in [4.69, 9.17) is 5.41 Å². The van der Waals surface area contributed by atoms with Gasteiger partial charge in [0.25, 0.3) is 0 Å². The number of nitrogens with zero attached hydrogens (tertiary/aromatic N) is 2. The quantitative estimate of drug-likeness (QED) is 0.769. The van der Waals surface area contributed by atoms with Crippen molar-refractivity contribution in [3.8, 4) is 0 Å². The van der Waals surface area contributed by atoms with E-state index in [-0.39, 0.29) is 5.78 Å². The topological polar surface area (TPSA) is 72.8 Å². The highest BCUT2D eigenvalue weighted by Crippen LogP contribution is 2.26. The van der Waals surface area contributed by atoms with E-state index in [1.165, 1.54) is 25.7 Å². The average Bonchev–Trinajstić information content (AvgIpc) is 3.08. The number of ketones is 1. The van der Waals surface area contributed by atoms with Crippen LogP contribution >= 0.6 is 0 Å². The summed E-state index contributed by atoms with van der Waals surface area (Å²) in [6, 6.07) is 7.73. The van der Waals surface area contributed by atoms with Gasteiger partial charge in [-0.15, -0.1) is 0 Å². The number of imidazole rings is 1. The highest BCUT2D eigenvalue weighted by Gasteiger charge is 2.38. The normalized spacial score (nSPS) is 18.3. The fourth-order valence-electron chi connectivity index (χ4n) is 3.20. The Morgan fingerprint density at radius 1 is 1.26 bits per heavy atom. The minimum atomic E-state index is -0.530. The molecule has 0 bridgehead atoms. The number of carbonyl (C=O) groups is 1. The molecule has 0 amide bonds. The first kappa shape index (κ1) is 15.7. The number of benzene rings is 1. The second kappa shape index (κ2) is 6.94. The lowest BCUT2D eigenvalue weighted by molar-refractivity contribution is -0.117. The fourth-order valence-corrected chi connectivity index (χ4v) is 3.20. The Balaban J connectivity index is 1.66. The van der Waals surface area contributed by atoms with Crippen molar-refractivity contribution in [1.82, 2.24) is 14.9 Å². The highest BCUT2D eigenvalue weighted by molar-refractivity contribution is 6.13. The molecule has 0 aliphatic carbocycles. The van der Waals surface area contributed by atoms with Crippen molar-refractivity contribution in [1.29, 1.82) is 5.41 Å². The largest absolute Gasteiger partial charge is 0.352 e. The monoisotopic (exact) mass is 312 g/mol. The molecule has 2 N–H and O–H groups in total. The molecule has 1 fully saturated rings. The molecule has 0 spiro atoms. The van der Waals surface area contributed by atoms with Crippen LogP contribution in [-0.2, 0) is 4.79 Å². The standard InChI is InChI=1S/C18H24N4O/c1-2-3-4-5-8-11-22-12-15(23)16(17(22)19)18-20-13-9-6-7-10-14(13)21-18/h6-7,9-10,16,19H,2-5,8,11-12H2,1H3,(H,20,21). The number of unbranched alkanes of at least 4 members (excludes halogenated alkanes) is 4. The summed E-state index contributed by atoms with van der Waals surface area (Å²) in [6.07, 6.45) is 5.94. The first-order chi connectivity index (χ1) is 11.2. The van der Waals surface area contributed by atoms with E-state index >= 15 is 0 Å². The number of rotatable bonds is 7. The number of hydrogen-bond donors (Lipinski definition) is 2. The molecule has 2 aromatic rings. The third-order valence-electron chi connectivity index (χ3n) is 4.50. The van der Waals surface area contributed by atoms with E-state index in [0.717, 1.165) is 24.0 Å². The van der Waals surface area contributed by atoms with E-state index < -0.39 is 5.92 Å². The molecular formula is C18H24N4O. The van der Waals surface area contributed by atoms with Crippen LogP contribution < -0.4 is 0 Å². The van der Waals surface area contributed by atoms with Crippen LogP contribution in [0.3, 0.4) is 0 Å². The van der Waals surface area contributed by atoms with Gasteiger partial charge in [0.1, 0.15) is 17.6 Å². The van der Waals surface area contributed by atoms with Gasteiger partial charge in [-0.05, 0) is 18.6 Å². The highest BCUT2D eigenvalue weighted by atomic mass is 16.1. The molecule has 1 unspecified atom stereocenters. The predicted octanol–water partition coefficient (Wildman–Crippen LogP) is 3.48. The van der Waals surface area contributed by atoms with Gasteiger partial charge in [-0.3, -0.25) is 10.2 Å². The number of hydrogen-bond acceptors (Lipinski definition) is 3. The van der Waals surface area contributed by atoms with Gasteiger partial charge in [0.15, 0.2) is 5.78 Å². The molecule has 2 heterocycles. The Bertz CT molecular complexity index is 673. The smallest absolute Gasteiger partial charge is 0.170 e. The van der Waals surface area contributed by atoms with Crippen LogP contribution in [0.25, 0.3) is 11.0 Å². The number of nitrogens with one attached hydrogen (secondary N) is 2. The number of amidine groups is 1. The predicted molar refractivity (Wildman–Crippen MR) is 91.9 cm³/mol. The van der Waals surface area contributed by atoms with Gasteiger partial charge in [0, 0.05) is 6.54 Å². The van der Waals surface area contributed by atoms with Gasteiger partial charge in [-0.2, -0.15) is 0 Å². The number of likely N-dealkylation sites (tertiary alicyclic amines) is 1. The summed E-state index contributed by atoms with van der Waals surface area (Å²) in [5, 5.41) is 8.37. The van der Waals surface area contributed by atoms with Crippen LogP contribution in [0, 0.1) is 5.41 Å². The molecule has 1 aromatic heterocycles. The zero-order valence-corrected chi connectivity index (χ0v) is 13.6. The van der Waals surface area contributed by atoms with Gasteiger partial charge in [0.05, 0.1) is 17.6 Å². The maximum Gasteiger partial charge on any atom is 0.170 e. The molecule has 3 rings (SSSR count). The summed E-state index contributed by atoms with van der Waals surface area (Å²) >= 11 is 0. The maximum absolute atomic E-state index is 12.4. The van der Waals surface area contributed by atoms with E-state index in [2.05, 4.69) is 16.9 Å². The minimum absolute atomic E-state index is 0.0719. The van der Waals surface area contributed by atoms with Crippen molar-refractivity contribution < 1.29 is 4.79 Å². The van der Waals surface area contributed by atoms with Crippen LogP contribution in [0.1, 0.15) is 50.8 Å². The van der Waals surface area contributed by atoms with Crippen LogP contribution in [0.15, 0.2) is 24.3 Å². The number of para-hydroxylation sites is 2. The Morgan fingerprint density at radius 2 is 2.04 bits per heavy atom. The molecule has 1 aliphatic heterocycles. The van der Waals surface area contributed by atoms with Crippen LogP contribution in [-0.4, -0.2) is 39.6 Å². The number of aromatic nitrogens is 2. The number of fused-ring (bicyclic) bond motifs is 1. The Labute approximate surface area is 136 Å². The summed E-state index contributed by atoms with van der Waals surface area (Å²) in [4.78, 5) is 22.0. The zero-order chi connectivity index (χ0) is 16.2. The zero-order valence-electron chi connectivity index (χ0n) is 13.6. The molecule has 1 atom stereocenters. The number of aromatic amines is 1. The van der Waals surface area contributed by atoms with Gasteiger partial charge < -0.3 is 9.88 Å². The van der Waals surface area contributed by atoms with Gasteiger partial charge in [-0.25, -0.2) is 4.98 Å². The lowest BCUT2D eigenvalue weighted by atomic mass is 10.1. The number of H-pyrrole nitrogens is 1. The van der Waals surface area contributed by atoms with E-state index in [1.54, 1.807) is 0 Å². The van der Waals surface area contributed by atoms with Crippen LogP contribution in [0.5, 0.6) is 0 Å². The molecule has 0 radical (unpaired) electrons. The minimum Gasteiger partial charge on any atom is -0.352 e. The second-order valence-electron chi connectivity index (χ2n) is 6.26. The van der Waals surface area contributed by atoms with Crippen molar-refractivity contribution in [2.45, 2.75) is 44.9 Å². The van der Waals surface area contributed by atoms with Gasteiger partial charge in [0.2, 0.25) is 0 Å². The van der Waals surface area contributed by atoms with Crippen LogP contribution in [0.2, 0.25) is 0 Å².